The van der Waals surface area contributed by atoms with Crippen molar-refractivity contribution in [2.45, 2.75) is 19.3 Å². The van der Waals surface area contributed by atoms with Crippen molar-refractivity contribution in [2.75, 3.05) is 26.7 Å². The fourth-order valence-corrected chi connectivity index (χ4v) is 2.84. The number of hydrogen-bond acceptors (Lipinski definition) is 4. The van der Waals surface area contributed by atoms with Crippen LogP contribution < -0.4 is 5.32 Å². The van der Waals surface area contributed by atoms with Crippen LogP contribution in [0.5, 0.6) is 0 Å². The average Bonchev–Trinajstić information content (AvgIpc) is 2.90. The Hall–Kier alpha value is -0.940. The topological polar surface area (TPSA) is 45.2 Å². The zero-order valence-corrected chi connectivity index (χ0v) is 11.0. The number of hydrogen-bond donors (Lipinski definition) is 1. The van der Waals surface area contributed by atoms with Gasteiger partial charge in [0, 0.05) is 13.1 Å². The van der Waals surface area contributed by atoms with E-state index in [9.17, 15) is 4.79 Å². The second kappa shape index (κ2) is 6.12. The monoisotopic (exact) mass is 253 g/mol. The van der Waals surface area contributed by atoms with Crippen molar-refractivity contribution in [1.29, 1.82) is 0 Å². The summed E-state index contributed by atoms with van der Waals surface area (Å²) in [6, 6.07) is 0. The molecule has 0 spiro atoms. The summed E-state index contributed by atoms with van der Waals surface area (Å²) >= 11 is 1.43. The lowest BCUT2D eigenvalue weighted by atomic mass is 9.93. The zero-order chi connectivity index (χ0) is 12.1. The molecule has 0 bridgehead atoms. The highest BCUT2D eigenvalue weighted by atomic mass is 32.1. The van der Waals surface area contributed by atoms with E-state index in [0.29, 0.717) is 0 Å². The molecular weight excluding hydrogens is 234 g/mol. The Labute approximate surface area is 106 Å². The molecule has 1 saturated heterocycles. The van der Waals surface area contributed by atoms with Gasteiger partial charge in [-0.2, -0.15) is 0 Å². The van der Waals surface area contributed by atoms with E-state index in [1.807, 2.05) is 11.9 Å². The molecule has 4 nitrogen and oxygen atoms in total. The third-order valence-corrected chi connectivity index (χ3v) is 4.11. The maximum Gasteiger partial charge on any atom is 0.265 e. The van der Waals surface area contributed by atoms with E-state index in [-0.39, 0.29) is 5.91 Å². The Morgan fingerprint density at radius 2 is 2.35 bits per heavy atom. The largest absolute Gasteiger partial charge is 0.338 e. The van der Waals surface area contributed by atoms with Crippen LogP contribution in [0.4, 0.5) is 0 Å². The van der Waals surface area contributed by atoms with Crippen LogP contribution in [0.2, 0.25) is 0 Å². The number of carbonyl (C=O) groups is 1. The summed E-state index contributed by atoms with van der Waals surface area (Å²) in [6.45, 7) is 2.86. The zero-order valence-electron chi connectivity index (χ0n) is 10.2. The Bertz CT molecular complexity index is 345. The van der Waals surface area contributed by atoms with Crippen molar-refractivity contribution in [1.82, 2.24) is 15.2 Å². The summed E-state index contributed by atoms with van der Waals surface area (Å²) in [5, 5.41) is 3.18. The molecule has 2 heterocycles. The van der Waals surface area contributed by atoms with Gasteiger partial charge >= 0.3 is 0 Å². The van der Waals surface area contributed by atoms with Crippen LogP contribution in [-0.4, -0.2) is 42.5 Å². The fraction of sp³-hybridized carbons (Fsp3) is 0.667. The quantitative estimate of drug-likeness (QED) is 0.886. The van der Waals surface area contributed by atoms with E-state index in [2.05, 4.69) is 10.3 Å². The molecule has 0 aliphatic carbocycles. The normalized spacial score (nSPS) is 17.4. The van der Waals surface area contributed by atoms with Crippen molar-refractivity contribution in [2.24, 2.45) is 5.92 Å². The first-order valence-corrected chi connectivity index (χ1v) is 7.01. The molecule has 5 heteroatoms. The predicted octanol–water partition coefficient (Wildman–Crippen LogP) is 1.60. The SMILES string of the molecule is CNCCC1CCN(C(=O)c2cncs2)CC1. The average molecular weight is 253 g/mol. The highest BCUT2D eigenvalue weighted by molar-refractivity contribution is 7.11. The van der Waals surface area contributed by atoms with Gasteiger partial charge in [-0.05, 0) is 38.8 Å². The molecule has 1 aromatic rings. The molecule has 1 fully saturated rings. The van der Waals surface area contributed by atoms with Gasteiger partial charge in [0.15, 0.2) is 0 Å². The van der Waals surface area contributed by atoms with E-state index in [1.165, 1.54) is 17.8 Å². The Kier molecular flexibility index (Phi) is 4.50. The third-order valence-electron chi connectivity index (χ3n) is 3.35. The van der Waals surface area contributed by atoms with Gasteiger partial charge in [-0.1, -0.05) is 0 Å². The summed E-state index contributed by atoms with van der Waals surface area (Å²) in [7, 11) is 1.99. The molecule has 2 rings (SSSR count). The molecule has 94 valence electrons. The standard InChI is InChI=1S/C12H19N3OS/c1-13-5-2-10-3-6-15(7-4-10)12(16)11-8-14-9-17-11/h8-10,13H,2-7H2,1H3. The number of nitrogens with zero attached hydrogens (tertiary/aromatic N) is 2. The van der Waals surface area contributed by atoms with E-state index in [4.69, 9.17) is 0 Å². The number of aromatic nitrogens is 1. The van der Waals surface area contributed by atoms with Crippen molar-refractivity contribution >= 4 is 17.2 Å². The van der Waals surface area contributed by atoms with Gasteiger partial charge in [0.2, 0.25) is 0 Å². The van der Waals surface area contributed by atoms with Crippen molar-refractivity contribution in [3.05, 3.63) is 16.6 Å². The maximum absolute atomic E-state index is 12.1. The molecule has 0 unspecified atom stereocenters. The minimum Gasteiger partial charge on any atom is -0.338 e. The second-order valence-electron chi connectivity index (χ2n) is 4.49. The highest BCUT2D eigenvalue weighted by Gasteiger charge is 2.23. The molecule has 1 aliphatic rings. The molecule has 1 aromatic heterocycles. The van der Waals surface area contributed by atoms with Gasteiger partial charge in [-0.15, -0.1) is 11.3 Å². The van der Waals surface area contributed by atoms with Crippen LogP contribution in [-0.2, 0) is 0 Å². The van der Waals surface area contributed by atoms with Crippen LogP contribution >= 0.6 is 11.3 Å². The van der Waals surface area contributed by atoms with Gasteiger partial charge in [-0.25, -0.2) is 0 Å². The Balaban J connectivity index is 1.81. The number of amides is 1. The number of carbonyl (C=O) groups excluding carboxylic acids is 1. The molecule has 0 radical (unpaired) electrons. The smallest absolute Gasteiger partial charge is 0.265 e. The molecule has 0 aromatic carbocycles. The molecule has 0 atom stereocenters. The number of rotatable bonds is 4. The molecule has 1 amide bonds. The lowest BCUT2D eigenvalue weighted by Crippen LogP contribution is -2.38. The Morgan fingerprint density at radius 3 is 2.94 bits per heavy atom. The molecule has 0 saturated carbocycles. The third kappa shape index (κ3) is 3.26. The van der Waals surface area contributed by atoms with E-state index in [0.717, 1.165) is 43.3 Å². The number of likely N-dealkylation sites (tertiary alicyclic amines) is 1. The van der Waals surface area contributed by atoms with E-state index in [1.54, 1.807) is 11.7 Å². The lowest BCUT2D eigenvalue weighted by Gasteiger charge is -2.31. The van der Waals surface area contributed by atoms with Crippen LogP contribution in [0.25, 0.3) is 0 Å². The van der Waals surface area contributed by atoms with Gasteiger partial charge in [-0.3, -0.25) is 9.78 Å². The van der Waals surface area contributed by atoms with Gasteiger partial charge in [0.1, 0.15) is 4.88 Å². The fourth-order valence-electron chi connectivity index (χ4n) is 2.25. The van der Waals surface area contributed by atoms with Gasteiger partial charge in [0.05, 0.1) is 11.7 Å². The van der Waals surface area contributed by atoms with E-state index >= 15 is 0 Å². The molecule has 17 heavy (non-hydrogen) atoms. The number of nitrogens with one attached hydrogen (secondary N) is 1. The van der Waals surface area contributed by atoms with Crippen molar-refractivity contribution in [3.63, 3.8) is 0 Å². The summed E-state index contributed by atoms with van der Waals surface area (Å²) < 4.78 is 0. The van der Waals surface area contributed by atoms with Gasteiger partial charge in [0.25, 0.3) is 5.91 Å². The van der Waals surface area contributed by atoms with Crippen molar-refractivity contribution in [3.8, 4) is 0 Å². The second-order valence-corrected chi connectivity index (χ2v) is 5.38. The lowest BCUT2D eigenvalue weighted by molar-refractivity contribution is 0.0692. The first-order chi connectivity index (χ1) is 8.31. The van der Waals surface area contributed by atoms with Crippen LogP contribution in [0.1, 0.15) is 28.9 Å². The predicted molar refractivity (Wildman–Crippen MR) is 69.3 cm³/mol. The first kappa shape index (κ1) is 12.5. The molecular formula is C12H19N3OS. The summed E-state index contributed by atoms with van der Waals surface area (Å²) in [5.41, 5.74) is 1.72. The number of piperidine rings is 1. The van der Waals surface area contributed by atoms with Crippen LogP contribution in [0.3, 0.4) is 0 Å². The summed E-state index contributed by atoms with van der Waals surface area (Å²) in [5.74, 6) is 0.924. The Morgan fingerprint density at radius 1 is 1.59 bits per heavy atom. The van der Waals surface area contributed by atoms with E-state index < -0.39 is 0 Å². The minimum atomic E-state index is 0.152. The first-order valence-electron chi connectivity index (χ1n) is 6.13. The van der Waals surface area contributed by atoms with Gasteiger partial charge < -0.3 is 10.2 Å². The molecule has 1 N–H and O–H groups in total. The van der Waals surface area contributed by atoms with Crippen LogP contribution in [0, 0.1) is 5.92 Å². The minimum absolute atomic E-state index is 0.152. The molecule has 1 aliphatic heterocycles. The summed E-state index contributed by atoms with van der Waals surface area (Å²) in [4.78, 5) is 18.7. The highest BCUT2D eigenvalue weighted by Crippen LogP contribution is 2.22. The maximum atomic E-state index is 12.1. The van der Waals surface area contributed by atoms with Crippen molar-refractivity contribution < 1.29 is 4.79 Å². The van der Waals surface area contributed by atoms with Crippen LogP contribution in [0.15, 0.2) is 11.7 Å². The number of thiazole rings is 1. The summed E-state index contributed by atoms with van der Waals surface area (Å²) in [6.07, 6.45) is 5.15.